The molecule has 2 aliphatic heterocycles. The Morgan fingerprint density at radius 2 is 2.17 bits per heavy atom. The molecular weight excluding hydrogens is 334 g/mol. The summed E-state index contributed by atoms with van der Waals surface area (Å²) in [7, 11) is 1.68. The molecule has 3 N–H and O–H groups in total. The summed E-state index contributed by atoms with van der Waals surface area (Å²) in [5, 5.41) is 9.69. The number of nitrogens with two attached hydrogens (primary N) is 1. The number of likely N-dealkylation sites (N-methyl/N-ethyl adjacent to an activating group) is 1. The molecule has 1 fully saturated rings. The second-order valence-electron chi connectivity index (χ2n) is 6.50. The molecule has 1 amide bonds. The van der Waals surface area contributed by atoms with E-state index in [1.54, 1.807) is 19.2 Å². The minimum atomic E-state index is -0.657. The lowest BCUT2D eigenvalue weighted by Crippen LogP contribution is -2.60. The average molecular weight is 358 g/mol. The lowest BCUT2D eigenvalue weighted by molar-refractivity contribution is -0.119. The third kappa shape index (κ3) is 3.92. The summed E-state index contributed by atoms with van der Waals surface area (Å²) in [6, 6.07) is 4.74. The van der Waals surface area contributed by atoms with Crippen molar-refractivity contribution in [2.45, 2.75) is 18.6 Å². The van der Waals surface area contributed by atoms with Gasteiger partial charge in [-0.05, 0) is 19.1 Å². The average Bonchev–Trinajstić information content (AvgIpc) is 2.58. The molecule has 134 valence electrons. The number of nitrogens with zero attached hydrogens (tertiary/aromatic N) is 2. The number of rotatable bonds is 4. The Morgan fingerprint density at radius 3 is 2.83 bits per heavy atom. The number of likely N-dealkylation sites (tertiary alicyclic amines) is 1. The molecule has 1 saturated heterocycles. The molecular formula is C16H24ClN3O4. The number of halogens is 1. The topological polar surface area (TPSA) is 88.3 Å². The van der Waals surface area contributed by atoms with Crippen molar-refractivity contribution in [3.8, 4) is 11.5 Å². The minimum Gasteiger partial charge on any atom is -0.492 e. The number of hydrogen-bond acceptors (Lipinski definition) is 6. The van der Waals surface area contributed by atoms with Crippen molar-refractivity contribution in [2.24, 2.45) is 5.73 Å². The number of fused-ring (bicyclic) bond motifs is 1. The van der Waals surface area contributed by atoms with Gasteiger partial charge in [-0.1, -0.05) is 0 Å². The lowest BCUT2D eigenvalue weighted by Gasteiger charge is -2.44. The molecule has 2 heterocycles. The summed E-state index contributed by atoms with van der Waals surface area (Å²) in [6.07, 6.45) is 0. The fourth-order valence-electron chi connectivity index (χ4n) is 2.96. The van der Waals surface area contributed by atoms with Crippen LogP contribution in [0.2, 0.25) is 0 Å². The van der Waals surface area contributed by atoms with Crippen LogP contribution in [0.1, 0.15) is 6.92 Å². The number of amides is 1. The normalized spacial score (nSPS) is 22.6. The van der Waals surface area contributed by atoms with Crippen molar-refractivity contribution in [1.82, 2.24) is 4.90 Å². The van der Waals surface area contributed by atoms with Crippen LogP contribution in [0, 0.1) is 0 Å². The van der Waals surface area contributed by atoms with Gasteiger partial charge in [-0.2, -0.15) is 0 Å². The molecule has 0 spiro atoms. The molecule has 3 rings (SSSR count). The summed E-state index contributed by atoms with van der Waals surface area (Å²) < 4.78 is 11.3. The maximum absolute atomic E-state index is 12.1. The second kappa shape index (κ2) is 7.14. The lowest BCUT2D eigenvalue weighted by atomic mass is 9.97. The highest BCUT2D eigenvalue weighted by molar-refractivity contribution is 5.98. The maximum atomic E-state index is 12.1. The van der Waals surface area contributed by atoms with Gasteiger partial charge in [0.1, 0.15) is 30.8 Å². The van der Waals surface area contributed by atoms with E-state index in [0.29, 0.717) is 36.9 Å². The first-order valence-electron chi connectivity index (χ1n) is 7.73. The molecule has 0 bridgehead atoms. The van der Waals surface area contributed by atoms with Crippen molar-refractivity contribution in [3.63, 3.8) is 0 Å². The van der Waals surface area contributed by atoms with Crippen molar-refractivity contribution < 1.29 is 19.4 Å². The van der Waals surface area contributed by atoms with Crippen molar-refractivity contribution >= 4 is 24.0 Å². The number of hydrogen-bond donors (Lipinski definition) is 2. The van der Waals surface area contributed by atoms with Crippen molar-refractivity contribution in [3.05, 3.63) is 18.2 Å². The van der Waals surface area contributed by atoms with E-state index in [1.807, 2.05) is 13.0 Å². The Balaban J connectivity index is 0.00000208. The largest absolute Gasteiger partial charge is 0.492 e. The highest BCUT2D eigenvalue weighted by Gasteiger charge is 2.35. The third-order valence-corrected chi connectivity index (χ3v) is 4.16. The van der Waals surface area contributed by atoms with Crippen LogP contribution in [0.25, 0.3) is 0 Å². The molecule has 0 unspecified atom stereocenters. The Hall–Kier alpha value is -1.54. The van der Waals surface area contributed by atoms with Gasteiger partial charge in [0.2, 0.25) is 5.91 Å². The van der Waals surface area contributed by atoms with Crippen LogP contribution < -0.4 is 20.1 Å². The Kier molecular flexibility index (Phi) is 5.59. The van der Waals surface area contributed by atoms with Gasteiger partial charge in [0.15, 0.2) is 0 Å². The molecule has 1 aromatic carbocycles. The van der Waals surface area contributed by atoms with Gasteiger partial charge < -0.3 is 25.2 Å². The molecule has 8 heteroatoms. The van der Waals surface area contributed by atoms with Crippen LogP contribution >= 0.6 is 12.4 Å². The summed E-state index contributed by atoms with van der Waals surface area (Å²) in [5.41, 5.74) is 5.86. The van der Waals surface area contributed by atoms with Gasteiger partial charge in [0.05, 0.1) is 11.3 Å². The van der Waals surface area contributed by atoms with E-state index in [2.05, 4.69) is 4.90 Å². The van der Waals surface area contributed by atoms with Crippen LogP contribution in [0.4, 0.5) is 5.69 Å². The number of carbonyl (C=O) groups is 1. The predicted octanol–water partition coefficient (Wildman–Crippen LogP) is 0.236. The number of ether oxygens (including phenoxy) is 2. The summed E-state index contributed by atoms with van der Waals surface area (Å²) >= 11 is 0. The summed E-state index contributed by atoms with van der Waals surface area (Å²) in [6.45, 7) is 4.61. The highest BCUT2D eigenvalue weighted by atomic mass is 35.5. The molecule has 0 aliphatic carbocycles. The van der Waals surface area contributed by atoms with Gasteiger partial charge >= 0.3 is 0 Å². The van der Waals surface area contributed by atoms with E-state index < -0.39 is 11.6 Å². The Bertz CT molecular complexity index is 603. The minimum absolute atomic E-state index is 0. The Morgan fingerprint density at radius 1 is 1.46 bits per heavy atom. The third-order valence-electron chi connectivity index (χ3n) is 4.16. The summed E-state index contributed by atoms with van der Waals surface area (Å²) in [4.78, 5) is 15.7. The molecule has 0 aromatic heterocycles. The van der Waals surface area contributed by atoms with Crippen molar-refractivity contribution in [1.29, 1.82) is 0 Å². The van der Waals surface area contributed by atoms with E-state index in [0.717, 1.165) is 6.54 Å². The monoisotopic (exact) mass is 357 g/mol. The molecule has 1 atom stereocenters. The van der Waals surface area contributed by atoms with Gasteiger partial charge in [-0.3, -0.25) is 9.69 Å². The van der Waals surface area contributed by atoms with Crippen molar-refractivity contribution in [2.75, 3.05) is 44.8 Å². The van der Waals surface area contributed by atoms with Gasteiger partial charge in [0.25, 0.3) is 0 Å². The zero-order chi connectivity index (χ0) is 16.6. The fraction of sp³-hybridized carbons (Fsp3) is 0.562. The van der Waals surface area contributed by atoms with Crippen LogP contribution in [0.15, 0.2) is 18.2 Å². The number of anilines is 1. The molecule has 1 aromatic rings. The first-order chi connectivity index (χ1) is 10.9. The van der Waals surface area contributed by atoms with Crippen LogP contribution in [0.5, 0.6) is 11.5 Å². The molecule has 7 nitrogen and oxygen atoms in total. The smallest absolute Gasteiger partial charge is 0.247 e. The molecule has 24 heavy (non-hydrogen) atoms. The van der Waals surface area contributed by atoms with E-state index in [4.69, 9.17) is 15.2 Å². The molecule has 0 saturated carbocycles. The standard InChI is InChI=1S/C16H23N3O4.ClH/c1-16(21)9-19(10-16)5-6-22-11-3-4-14-13(7-11)18(2)15(20)12(17)8-23-14;/h3-4,7,12,21H,5-6,8-10,17H2,1-2H3;1H/t12-;/m0./s1. The van der Waals surface area contributed by atoms with Crippen LogP contribution in [-0.2, 0) is 4.79 Å². The molecule has 2 aliphatic rings. The first-order valence-corrected chi connectivity index (χ1v) is 7.73. The van der Waals surface area contributed by atoms with Crippen LogP contribution in [0.3, 0.4) is 0 Å². The quantitative estimate of drug-likeness (QED) is 0.802. The SMILES string of the molecule is CN1C(=O)[C@@H](N)COc2ccc(OCCN3CC(C)(O)C3)cc21.Cl. The van der Waals surface area contributed by atoms with E-state index in [9.17, 15) is 9.90 Å². The Labute approximate surface area is 147 Å². The van der Waals surface area contributed by atoms with E-state index in [1.165, 1.54) is 4.90 Å². The van der Waals surface area contributed by atoms with Gasteiger partial charge in [-0.25, -0.2) is 0 Å². The van der Waals surface area contributed by atoms with Gasteiger partial charge in [0, 0.05) is 32.7 Å². The first kappa shape index (κ1) is 18.8. The predicted molar refractivity (Wildman–Crippen MR) is 93.1 cm³/mol. The highest BCUT2D eigenvalue weighted by Crippen LogP contribution is 2.34. The van der Waals surface area contributed by atoms with Gasteiger partial charge in [-0.15, -0.1) is 12.4 Å². The number of benzene rings is 1. The number of carbonyl (C=O) groups excluding carboxylic acids is 1. The van der Waals surface area contributed by atoms with E-state index >= 15 is 0 Å². The molecule has 0 radical (unpaired) electrons. The number of β-amino-alcohol motifs (C(OH)–C–C–N with tert-alkyl or cyclic N) is 1. The maximum Gasteiger partial charge on any atom is 0.247 e. The fourth-order valence-corrected chi connectivity index (χ4v) is 2.96. The number of aliphatic hydroxyl groups is 1. The van der Waals surface area contributed by atoms with Crippen LogP contribution in [-0.4, -0.2) is 67.5 Å². The zero-order valence-corrected chi connectivity index (χ0v) is 14.7. The summed E-state index contributed by atoms with van der Waals surface area (Å²) in [5.74, 6) is 1.12. The van der Waals surface area contributed by atoms with E-state index in [-0.39, 0.29) is 24.9 Å². The zero-order valence-electron chi connectivity index (χ0n) is 13.9. The second-order valence-corrected chi connectivity index (χ2v) is 6.50.